The molecule has 2 N–H and O–H groups in total. The Hall–Kier alpha value is -0.610. The lowest BCUT2D eigenvalue weighted by Crippen LogP contribution is -2.68. The first-order chi connectivity index (χ1) is 16.2. The van der Waals surface area contributed by atoms with Gasteiger partial charge in [0.25, 0.3) is 0 Å². The fraction of sp³-hybridized carbons (Fsp3) is 0.968. The number of hydrogen-bond acceptors (Lipinski definition) is 4. The van der Waals surface area contributed by atoms with Crippen LogP contribution in [-0.4, -0.2) is 34.5 Å². The van der Waals surface area contributed by atoms with Gasteiger partial charge in [-0.3, -0.25) is 4.79 Å². The highest BCUT2D eigenvalue weighted by Crippen LogP contribution is 2.77. The summed E-state index contributed by atoms with van der Waals surface area (Å²) in [6.07, 6.45) is 10.7. The van der Waals surface area contributed by atoms with Crippen molar-refractivity contribution in [2.75, 3.05) is 6.61 Å². The van der Waals surface area contributed by atoms with Gasteiger partial charge in [-0.1, -0.05) is 34.6 Å². The Morgan fingerprint density at radius 1 is 0.886 bits per heavy atom. The van der Waals surface area contributed by atoms with Crippen LogP contribution in [0.25, 0.3) is 0 Å². The van der Waals surface area contributed by atoms with Gasteiger partial charge in [0.15, 0.2) is 0 Å². The fourth-order valence-corrected chi connectivity index (χ4v) is 11.7. The summed E-state index contributed by atoms with van der Waals surface area (Å²) in [6, 6.07) is 0. The number of aliphatic hydroxyl groups excluding tert-OH is 1. The summed E-state index contributed by atoms with van der Waals surface area (Å²) in [6.45, 7) is 16.6. The molecule has 0 radical (unpaired) electrons. The first-order valence-electron chi connectivity index (χ1n) is 14.8. The maximum Gasteiger partial charge on any atom is 0.302 e. The minimum absolute atomic E-state index is 0.0864. The highest BCUT2D eigenvalue weighted by Gasteiger charge is 2.71. The molecular weight excluding hydrogens is 436 g/mol. The predicted octanol–water partition coefficient (Wildman–Crippen LogP) is 6.37. The zero-order valence-electron chi connectivity index (χ0n) is 23.5. The van der Waals surface area contributed by atoms with E-state index in [0.717, 1.165) is 25.7 Å². The molecule has 0 aliphatic heterocycles. The number of esters is 1. The SMILES string of the molecule is CC(=O)OC[C@]12CC[C@@H](C(C)C)[C@@H]1[C@H]1CC[C@@H]3[C@@]4(C)CC[C@@H](O)[C@@](C)(O)[C@@H]4CC[C@@]3(C)[C@]1(C)CC2. The predicted molar refractivity (Wildman–Crippen MR) is 138 cm³/mol. The maximum absolute atomic E-state index is 11.9. The molecule has 4 heteroatoms. The van der Waals surface area contributed by atoms with Crippen LogP contribution in [0.4, 0.5) is 0 Å². The van der Waals surface area contributed by atoms with Crippen LogP contribution in [0.5, 0.6) is 0 Å². The second-order valence-electron chi connectivity index (χ2n) is 15.1. The van der Waals surface area contributed by atoms with Crippen molar-refractivity contribution < 1.29 is 19.7 Å². The van der Waals surface area contributed by atoms with E-state index < -0.39 is 11.7 Å². The Balaban J connectivity index is 1.52. The molecule has 11 atom stereocenters. The molecule has 0 heterocycles. The number of rotatable bonds is 3. The zero-order chi connectivity index (χ0) is 25.6. The van der Waals surface area contributed by atoms with Crippen LogP contribution in [0.3, 0.4) is 0 Å². The van der Waals surface area contributed by atoms with E-state index in [9.17, 15) is 15.0 Å². The van der Waals surface area contributed by atoms with Gasteiger partial charge in [-0.2, -0.15) is 0 Å². The third-order valence-corrected chi connectivity index (χ3v) is 13.7. The number of hydrogen-bond donors (Lipinski definition) is 2. The van der Waals surface area contributed by atoms with Crippen LogP contribution in [-0.2, 0) is 9.53 Å². The molecule has 5 rings (SSSR count). The molecule has 0 amide bonds. The molecule has 5 aliphatic rings. The molecule has 5 fully saturated rings. The maximum atomic E-state index is 11.9. The second kappa shape index (κ2) is 8.19. The van der Waals surface area contributed by atoms with Crippen LogP contribution in [0.1, 0.15) is 113 Å². The third kappa shape index (κ3) is 3.40. The zero-order valence-corrected chi connectivity index (χ0v) is 23.5. The van der Waals surface area contributed by atoms with E-state index in [4.69, 9.17) is 4.74 Å². The summed E-state index contributed by atoms with van der Waals surface area (Å²) in [5.41, 5.74) is -0.215. The molecule has 0 aromatic carbocycles. The Bertz CT molecular complexity index is 851. The highest BCUT2D eigenvalue weighted by atomic mass is 16.5. The standard InChI is InChI=1S/C31H52O4/c1-19(2)21-10-15-31(18-35-20(3)32)17-16-28(5)22(26(21)31)8-9-23-27(4)13-12-25(33)30(7,34)24(27)11-14-29(23,28)6/h19,21-26,33-34H,8-18H2,1-7H3/t21-,22+,23+,24+,25+,26+,27+,28+,29+,30-,31+/m0/s1. The number of carbonyl (C=O) groups excluding carboxylic acids is 1. The van der Waals surface area contributed by atoms with Gasteiger partial charge in [-0.15, -0.1) is 0 Å². The molecule has 0 aromatic rings. The molecule has 0 spiro atoms. The van der Waals surface area contributed by atoms with Crippen LogP contribution in [0.15, 0.2) is 0 Å². The van der Waals surface area contributed by atoms with Crippen molar-refractivity contribution >= 4 is 5.97 Å². The van der Waals surface area contributed by atoms with E-state index in [2.05, 4.69) is 34.6 Å². The van der Waals surface area contributed by atoms with Crippen molar-refractivity contribution in [1.29, 1.82) is 0 Å². The van der Waals surface area contributed by atoms with Gasteiger partial charge in [0.2, 0.25) is 0 Å². The topological polar surface area (TPSA) is 66.8 Å². The van der Waals surface area contributed by atoms with Gasteiger partial charge in [0, 0.05) is 12.3 Å². The van der Waals surface area contributed by atoms with Gasteiger partial charge >= 0.3 is 5.97 Å². The normalized spacial score (nSPS) is 55.5. The summed E-state index contributed by atoms with van der Waals surface area (Å²) < 4.78 is 5.79. The lowest BCUT2D eigenvalue weighted by molar-refractivity contribution is -0.266. The Morgan fingerprint density at radius 2 is 1.60 bits per heavy atom. The first kappa shape index (κ1) is 26.0. The molecule has 0 aromatic heterocycles. The van der Waals surface area contributed by atoms with E-state index >= 15 is 0 Å². The summed E-state index contributed by atoms with van der Waals surface area (Å²) in [5, 5.41) is 22.1. The van der Waals surface area contributed by atoms with E-state index in [1.54, 1.807) is 6.92 Å². The average Bonchev–Trinajstić information content (AvgIpc) is 3.16. The van der Waals surface area contributed by atoms with E-state index in [1.807, 2.05) is 6.92 Å². The summed E-state index contributed by atoms with van der Waals surface area (Å²) in [7, 11) is 0. The lowest BCUT2D eigenvalue weighted by Gasteiger charge is -2.72. The molecule has 200 valence electrons. The molecule has 4 nitrogen and oxygen atoms in total. The van der Waals surface area contributed by atoms with Crippen LogP contribution >= 0.6 is 0 Å². The Labute approximate surface area is 214 Å². The van der Waals surface area contributed by atoms with Crippen LogP contribution in [0.2, 0.25) is 0 Å². The van der Waals surface area contributed by atoms with Gasteiger partial charge in [0.1, 0.15) is 0 Å². The van der Waals surface area contributed by atoms with E-state index in [0.29, 0.717) is 36.2 Å². The summed E-state index contributed by atoms with van der Waals surface area (Å²) >= 11 is 0. The van der Waals surface area contributed by atoms with Crippen molar-refractivity contribution in [3.63, 3.8) is 0 Å². The number of fused-ring (bicyclic) bond motifs is 7. The quantitative estimate of drug-likeness (QED) is 0.453. The molecule has 0 unspecified atom stereocenters. The van der Waals surface area contributed by atoms with Crippen LogP contribution < -0.4 is 0 Å². The lowest BCUT2D eigenvalue weighted by atomic mass is 9.33. The molecule has 35 heavy (non-hydrogen) atoms. The van der Waals surface area contributed by atoms with Crippen molar-refractivity contribution in [3.05, 3.63) is 0 Å². The molecule has 0 bridgehead atoms. The number of aliphatic hydroxyl groups is 2. The van der Waals surface area contributed by atoms with E-state index in [-0.39, 0.29) is 33.5 Å². The smallest absolute Gasteiger partial charge is 0.302 e. The highest BCUT2D eigenvalue weighted by molar-refractivity contribution is 5.65. The summed E-state index contributed by atoms with van der Waals surface area (Å²) in [5.74, 6) is 3.33. The molecule has 0 saturated heterocycles. The largest absolute Gasteiger partial charge is 0.465 e. The van der Waals surface area contributed by atoms with Gasteiger partial charge < -0.3 is 14.9 Å². The number of ether oxygens (including phenoxy) is 1. The van der Waals surface area contributed by atoms with Crippen molar-refractivity contribution in [3.8, 4) is 0 Å². The monoisotopic (exact) mass is 488 g/mol. The molecule has 5 aliphatic carbocycles. The van der Waals surface area contributed by atoms with E-state index in [1.165, 1.54) is 38.5 Å². The fourth-order valence-electron chi connectivity index (χ4n) is 11.7. The molecule has 5 saturated carbocycles. The van der Waals surface area contributed by atoms with Gasteiger partial charge in [-0.05, 0) is 123 Å². The third-order valence-electron chi connectivity index (χ3n) is 13.7. The van der Waals surface area contributed by atoms with Crippen molar-refractivity contribution in [2.24, 2.45) is 57.2 Å². The minimum Gasteiger partial charge on any atom is -0.465 e. The van der Waals surface area contributed by atoms with Crippen LogP contribution in [0, 0.1) is 57.2 Å². The first-order valence-corrected chi connectivity index (χ1v) is 14.8. The van der Waals surface area contributed by atoms with Crippen molar-refractivity contribution in [1.82, 2.24) is 0 Å². The van der Waals surface area contributed by atoms with Gasteiger partial charge in [0.05, 0.1) is 18.3 Å². The number of carbonyl (C=O) groups is 1. The molecular formula is C31H52O4. The Kier molecular flexibility index (Phi) is 6.09. The average molecular weight is 489 g/mol. The summed E-state index contributed by atoms with van der Waals surface area (Å²) in [4.78, 5) is 11.9. The minimum atomic E-state index is -0.980. The Morgan fingerprint density at radius 3 is 2.26 bits per heavy atom. The second-order valence-corrected chi connectivity index (χ2v) is 15.1. The van der Waals surface area contributed by atoms with Gasteiger partial charge in [-0.25, -0.2) is 0 Å². The van der Waals surface area contributed by atoms with Crippen molar-refractivity contribution in [2.45, 2.75) is 124 Å².